The quantitative estimate of drug-likeness (QED) is 0.153. The molecule has 0 aromatic carbocycles. The van der Waals surface area contributed by atoms with Gasteiger partial charge < -0.3 is 23.7 Å². The topological polar surface area (TPSA) is 88.3 Å². The van der Waals surface area contributed by atoms with E-state index in [-0.39, 0.29) is 30.2 Å². The molecule has 2 heterocycles. The molecule has 0 radical (unpaired) electrons. The lowest BCUT2D eigenvalue weighted by Gasteiger charge is -2.41. The van der Waals surface area contributed by atoms with Crippen LogP contribution in [0.15, 0.2) is 0 Å². The third-order valence-electron chi connectivity index (χ3n) is 9.95. The van der Waals surface area contributed by atoms with Crippen molar-refractivity contribution in [1.29, 1.82) is 0 Å². The fourth-order valence-electron chi connectivity index (χ4n) is 7.24. The zero-order valence-corrected chi connectivity index (χ0v) is 23.0. The van der Waals surface area contributed by atoms with Crippen molar-refractivity contribution in [3.63, 3.8) is 0 Å². The van der Waals surface area contributed by atoms with Crippen molar-refractivity contribution in [3.05, 3.63) is 0 Å². The lowest BCUT2D eigenvalue weighted by molar-refractivity contribution is -0.339. The van der Waals surface area contributed by atoms with Gasteiger partial charge in [0.2, 0.25) is 0 Å². The first-order chi connectivity index (χ1) is 18.7. The minimum absolute atomic E-state index is 0.0281. The van der Waals surface area contributed by atoms with Crippen molar-refractivity contribution < 1.29 is 38.3 Å². The molecular formula is C30H48O8. The maximum atomic E-state index is 12.9. The number of epoxide rings is 2. The molecule has 6 atom stereocenters. The zero-order valence-electron chi connectivity index (χ0n) is 23.0. The van der Waals surface area contributed by atoms with E-state index in [0.29, 0.717) is 49.3 Å². The van der Waals surface area contributed by atoms with Crippen LogP contribution in [0.25, 0.3) is 0 Å². The third-order valence-corrected chi connectivity index (χ3v) is 9.95. The van der Waals surface area contributed by atoms with Gasteiger partial charge in [-0.15, -0.1) is 0 Å². The molecule has 216 valence electrons. The minimum Gasteiger partial charge on any atom is -0.462 e. The molecule has 6 rings (SSSR count). The Hall–Kier alpha value is -0.770. The van der Waals surface area contributed by atoms with E-state index in [9.17, 15) is 4.79 Å². The summed E-state index contributed by atoms with van der Waals surface area (Å²) in [7, 11) is 0. The van der Waals surface area contributed by atoms with Crippen LogP contribution in [0, 0.1) is 23.7 Å². The zero-order chi connectivity index (χ0) is 25.7. The van der Waals surface area contributed by atoms with Crippen LogP contribution in [0.5, 0.6) is 0 Å². The smallest absolute Gasteiger partial charge is 0.309 e. The fourth-order valence-corrected chi connectivity index (χ4v) is 7.24. The van der Waals surface area contributed by atoms with Crippen LogP contribution in [0.4, 0.5) is 0 Å². The number of hydrogen-bond donors (Lipinski definition) is 0. The molecule has 4 aliphatic carbocycles. The fraction of sp³-hybridized carbons (Fsp3) is 0.967. The van der Waals surface area contributed by atoms with Gasteiger partial charge in [-0.05, 0) is 108 Å². The Bertz CT molecular complexity index is 739. The lowest BCUT2D eigenvalue weighted by Crippen LogP contribution is -2.38. The van der Waals surface area contributed by atoms with E-state index in [1.165, 1.54) is 0 Å². The summed E-state index contributed by atoms with van der Waals surface area (Å²) < 4.78 is 28.4. The largest absolute Gasteiger partial charge is 0.462 e. The molecule has 0 spiro atoms. The Morgan fingerprint density at radius 1 is 0.605 bits per heavy atom. The van der Waals surface area contributed by atoms with E-state index in [1.54, 1.807) is 0 Å². The second-order valence-corrected chi connectivity index (χ2v) is 12.9. The summed E-state index contributed by atoms with van der Waals surface area (Å²) >= 11 is 0. The number of esters is 1. The number of ether oxygens (including phenoxy) is 5. The van der Waals surface area contributed by atoms with Gasteiger partial charge in [0, 0.05) is 0 Å². The van der Waals surface area contributed by atoms with Crippen molar-refractivity contribution >= 4 is 5.97 Å². The number of carbonyl (C=O) groups excluding carboxylic acids is 1. The van der Waals surface area contributed by atoms with Crippen LogP contribution in [-0.4, -0.2) is 75.6 Å². The minimum atomic E-state index is 0.0281. The standard InChI is InChI=1S/C30H48O8/c31-30(21-3-9-25(10-4-21)33-17-29-19-35-29)37-26-11-5-23-14-27(12-6-22(23)13-26)38-36-15-20-1-7-24(8-2-20)32-16-28-18-34-28/h20-29H,1-19H2. The molecule has 38 heavy (non-hydrogen) atoms. The highest BCUT2D eigenvalue weighted by atomic mass is 17.2. The predicted octanol–water partition coefficient (Wildman–Crippen LogP) is 4.76. The van der Waals surface area contributed by atoms with Crippen molar-refractivity contribution in [2.24, 2.45) is 23.7 Å². The molecule has 6 aliphatic rings. The van der Waals surface area contributed by atoms with Crippen molar-refractivity contribution in [3.8, 4) is 0 Å². The summed E-state index contributed by atoms with van der Waals surface area (Å²) in [4.78, 5) is 24.5. The first kappa shape index (κ1) is 27.4. The van der Waals surface area contributed by atoms with Crippen LogP contribution in [-0.2, 0) is 38.3 Å². The molecule has 0 aromatic rings. The molecule has 2 aliphatic heterocycles. The molecule has 0 N–H and O–H groups in total. The van der Waals surface area contributed by atoms with E-state index < -0.39 is 0 Å². The highest BCUT2D eigenvalue weighted by Crippen LogP contribution is 2.43. The van der Waals surface area contributed by atoms with Gasteiger partial charge in [0.25, 0.3) is 0 Å². The summed E-state index contributed by atoms with van der Waals surface area (Å²) in [5.41, 5.74) is 0. The van der Waals surface area contributed by atoms with Gasteiger partial charge in [0.05, 0.1) is 57.3 Å². The van der Waals surface area contributed by atoms with Gasteiger partial charge >= 0.3 is 5.97 Å². The van der Waals surface area contributed by atoms with Crippen molar-refractivity contribution in [2.75, 3.05) is 33.0 Å². The molecule has 6 fully saturated rings. The third kappa shape index (κ3) is 8.14. The Kier molecular flexibility index (Phi) is 9.56. The predicted molar refractivity (Wildman–Crippen MR) is 138 cm³/mol. The van der Waals surface area contributed by atoms with Crippen LogP contribution >= 0.6 is 0 Å². The molecule has 0 bridgehead atoms. The maximum absolute atomic E-state index is 12.9. The van der Waals surface area contributed by atoms with E-state index in [4.69, 9.17) is 33.5 Å². The maximum Gasteiger partial charge on any atom is 0.309 e. The Morgan fingerprint density at radius 3 is 1.74 bits per heavy atom. The van der Waals surface area contributed by atoms with Gasteiger partial charge in [0.15, 0.2) is 0 Å². The highest BCUT2D eigenvalue weighted by Gasteiger charge is 2.39. The van der Waals surface area contributed by atoms with Crippen LogP contribution < -0.4 is 0 Å². The molecule has 0 aromatic heterocycles. The summed E-state index contributed by atoms with van der Waals surface area (Å²) in [6.45, 7) is 3.86. The number of carbonyl (C=O) groups is 1. The lowest BCUT2D eigenvalue weighted by atomic mass is 9.69. The van der Waals surface area contributed by atoms with Crippen molar-refractivity contribution in [1.82, 2.24) is 0 Å². The van der Waals surface area contributed by atoms with Crippen LogP contribution in [0.3, 0.4) is 0 Å². The summed E-state index contributed by atoms with van der Waals surface area (Å²) in [5.74, 6) is 1.96. The number of rotatable bonds is 12. The van der Waals surface area contributed by atoms with Gasteiger partial charge in [0.1, 0.15) is 18.3 Å². The summed E-state index contributed by atoms with van der Waals surface area (Å²) in [5, 5.41) is 0. The van der Waals surface area contributed by atoms with E-state index in [0.717, 1.165) is 110 Å². The highest BCUT2D eigenvalue weighted by molar-refractivity contribution is 5.72. The molecular weight excluding hydrogens is 488 g/mol. The normalized spacial score (nSPS) is 42.7. The van der Waals surface area contributed by atoms with Crippen LogP contribution in [0.1, 0.15) is 89.9 Å². The first-order valence-electron chi connectivity index (χ1n) is 15.6. The van der Waals surface area contributed by atoms with Gasteiger partial charge in [-0.2, -0.15) is 0 Å². The Morgan fingerprint density at radius 2 is 1.13 bits per heavy atom. The second kappa shape index (κ2) is 13.3. The molecule has 0 amide bonds. The summed E-state index contributed by atoms with van der Waals surface area (Å²) in [6, 6.07) is 0. The van der Waals surface area contributed by atoms with E-state index in [1.807, 2.05) is 0 Å². The van der Waals surface area contributed by atoms with Crippen molar-refractivity contribution in [2.45, 2.75) is 127 Å². The van der Waals surface area contributed by atoms with Crippen LogP contribution in [0.2, 0.25) is 0 Å². The van der Waals surface area contributed by atoms with E-state index in [2.05, 4.69) is 0 Å². The molecule has 4 saturated carbocycles. The Balaban J connectivity index is 0.824. The molecule has 8 heteroatoms. The average Bonchev–Trinajstić information content (AvgIpc) is 3.87. The molecule has 6 unspecified atom stereocenters. The Labute approximate surface area is 227 Å². The van der Waals surface area contributed by atoms with Gasteiger partial charge in [-0.3, -0.25) is 4.79 Å². The van der Waals surface area contributed by atoms with Gasteiger partial charge in [-0.25, -0.2) is 9.78 Å². The molecule has 2 saturated heterocycles. The second-order valence-electron chi connectivity index (χ2n) is 12.9. The average molecular weight is 537 g/mol. The first-order valence-corrected chi connectivity index (χ1v) is 15.6. The monoisotopic (exact) mass is 536 g/mol. The SMILES string of the molecule is O=C(OC1CCC2CC(OOCC3CCC(OCC4CO4)CC3)CCC2C1)C1CCC(OCC2CO2)CC1. The molecule has 8 nitrogen and oxygen atoms in total. The summed E-state index contributed by atoms with van der Waals surface area (Å²) in [6.07, 6.45) is 16.2. The number of fused-ring (bicyclic) bond motifs is 1. The van der Waals surface area contributed by atoms with E-state index >= 15 is 0 Å². The van der Waals surface area contributed by atoms with Gasteiger partial charge in [-0.1, -0.05) is 0 Å². The number of hydrogen-bond acceptors (Lipinski definition) is 8.